The van der Waals surface area contributed by atoms with E-state index < -0.39 is 0 Å². The molecule has 1 fully saturated rings. The van der Waals surface area contributed by atoms with Gasteiger partial charge in [0.2, 0.25) is 0 Å². The summed E-state index contributed by atoms with van der Waals surface area (Å²) in [4.78, 5) is 0. The van der Waals surface area contributed by atoms with E-state index >= 15 is 0 Å². The van der Waals surface area contributed by atoms with Gasteiger partial charge < -0.3 is 10.5 Å². The Kier molecular flexibility index (Phi) is 3.65. The van der Waals surface area contributed by atoms with Gasteiger partial charge in [0.25, 0.3) is 0 Å². The van der Waals surface area contributed by atoms with Crippen molar-refractivity contribution in [2.45, 2.75) is 44.8 Å². The maximum Gasteiger partial charge on any atom is 0.120 e. The lowest BCUT2D eigenvalue weighted by molar-refractivity contribution is 0.132. The number of nitrogens with two attached hydrogens (primary N) is 1. The number of nitrogens with zero attached hydrogens (tertiary/aromatic N) is 1. The number of benzene rings is 1. The molecule has 1 saturated carbocycles. The summed E-state index contributed by atoms with van der Waals surface area (Å²) >= 11 is 0. The van der Waals surface area contributed by atoms with Gasteiger partial charge in [-0.15, -0.1) is 0 Å². The van der Waals surface area contributed by atoms with E-state index in [2.05, 4.69) is 6.07 Å². The van der Waals surface area contributed by atoms with Crippen molar-refractivity contribution in [3.05, 3.63) is 29.3 Å². The lowest BCUT2D eigenvalue weighted by Gasteiger charge is -2.29. The standard InChI is InChI=1S/C14H18N2O/c1-10-8-12(7-6-11(10)9-15)17-14-5-3-2-4-13(14)16/h6-8,13-14H,2-5,16H2,1H3. The highest BCUT2D eigenvalue weighted by atomic mass is 16.5. The van der Waals surface area contributed by atoms with Crippen molar-refractivity contribution in [2.24, 2.45) is 5.73 Å². The van der Waals surface area contributed by atoms with Gasteiger partial charge in [0.1, 0.15) is 11.9 Å². The van der Waals surface area contributed by atoms with Gasteiger partial charge >= 0.3 is 0 Å². The zero-order chi connectivity index (χ0) is 12.3. The molecule has 17 heavy (non-hydrogen) atoms. The van der Waals surface area contributed by atoms with Crippen LogP contribution in [0.1, 0.15) is 36.8 Å². The summed E-state index contributed by atoms with van der Waals surface area (Å²) < 4.78 is 5.91. The minimum Gasteiger partial charge on any atom is -0.489 e. The topological polar surface area (TPSA) is 59.0 Å². The zero-order valence-electron chi connectivity index (χ0n) is 10.1. The molecule has 0 radical (unpaired) electrons. The molecule has 90 valence electrons. The van der Waals surface area contributed by atoms with Crippen molar-refractivity contribution in [3.63, 3.8) is 0 Å². The Hall–Kier alpha value is -1.53. The van der Waals surface area contributed by atoms with Gasteiger partial charge in [-0.1, -0.05) is 6.42 Å². The molecule has 0 spiro atoms. The first kappa shape index (κ1) is 11.9. The van der Waals surface area contributed by atoms with Crippen LogP contribution in [0.25, 0.3) is 0 Å². The van der Waals surface area contributed by atoms with E-state index in [1.54, 1.807) is 6.07 Å². The molecule has 2 N–H and O–H groups in total. The van der Waals surface area contributed by atoms with Crippen molar-refractivity contribution >= 4 is 0 Å². The molecule has 1 aromatic rings. The molecule has 0 bridgehead atoms. The maximum absolute atomic E-state index is 8.86. The van der Waals surface area contributed by atoms with Crippen LogP contribution < -0.4 is 10.5 Å². The minimum atomic E-state index is 0.121. The Labute approximate surface area is 102 Å². The van der Waals surface area contributed by atoms with E-state index in [1.165, 1.54) is 12.8 Å². The molecular weight excluding hydrogens is 212 g/mol. The Morgan fingerprint density at radius 1 is 1.35 bits per heavy atom. The first-order valence-electron chi connectivity index (χ1n) is 6.13. The van der Waals surface area contributed by atoms with Crippen molar-refractivity contribution in [3.8, 4) is 11.8 Å². The molecule has 0 heterocycles. The van der Waals surface area contributed by atoms with E-state index in [-0.39, 0.29) is 12.1 Å². The Bertz CT molecular complexity index is 436. The van der Waals surface area contributed by atoms with Crippen LogP contribution in [0.4, 0.5) is 0 Å². The SMILES string of the molecule is Cc1cc(OC2CCCCC2N)ccc1C#N. The summed E-state index contributed by atoms with van der Waals surface area (Å²) in [5.41, 5.74) is 7.70. The van der Waals surface area contributed by atoms with Crippen LogP contribution in [0.3, 0.4) is 0 Å². The molecule has 2 rings (SSSR count). The highest BCUT2D eigenvalue weighted by Gasteiger charge is 2.23. The second kappa shape index (κ2) is 5.20. The minimum absolute atomic E-state index is 0.121. The van der Waals surface area contributed by atoms with Crippen LogP contribution in [0, 0.1) is 18.3 Å². The average molecular weight is 230 g/mol. The van der Waals surface area contributed by atoms with Crippen molar-refractivity contribution in [1.29, 1.82) is 5.26 Å². The summed E-state index contributed by atoms with van der Waals surface area (Å²) in [5, 5.41) is 8.86. The van der Waals surface area contributed by atoms with Crippen LogP contribution in [0.5, 0.6) is 5.75 Å². The number of hydrogen-bond acceptors (Lipinski definition) is 3. The van der Waals surface area contributed by atoms with Gasteiger partial charge in [0.05, 0.1) is 11.6 Å². The maximum atomic E-state index is 8.86. The predicted molar refractivity (Wildman–Crippen MR) is 66.8 cm³/mol. The molecule has 3 heteroatoms. The van der Waals surface area contributed by atoms with Crippen LogP contribution in [-0.4, -0.2) is 12.1 Å². The summed E-state index contributed by atoms with van der Waals surface area (Å²) in [5.74, 6) is 0.823. The second-order valence-corrected chi connectivity index (χ2v) is 4.69. The highest BCUT2D eigenvalue weighted by Crippen LogP contribution is 2.24. The second-order valence-electron chi connectivity index (χ2n) is 4.69. The average Bonchev–Trinajstić information content (AvgIpc) is 2.32. The third-order valence-corrected chi connectivity index (χ3v) is 3.36. The monoisotopic (exact) mass is 230 g/mol. The lowest BCUT2D eigenvalue weighted by Crippen LogP contribution is -2.41. The van der Waals surface area contributed by atoms with E-state index in [0.717, 1.165) is 24.2 Å². The van der Waals surface area contributed by atoms with Crippen molar-refractivity contribution in [1.82, 2.24) is 0 Å². The van der Waals surface area contributed by atoms with Crippen molar-refractivity contribution < 1.29 is 4.74 Å². The fourth-order valence-corrected chi connectivity index (χ4v) is 2.28. The van der Waals surface area contributed by atoms with Crippen LogP contribution in [0.2, 0.25) is 0 Å². The van der Waals surface area contributed by atoms with Gasteiger partial charge in [-0.3, -0.25) is 0 Å². The molecular formula is C14H18N2O. The first-order chi connectivity index (χ1) is 8.20. The van der Waals surface area contributed by atoms with E-state index in [9.17, 15) is 0 Å². The summed E-state index contributed by atoms with van der Waals surface area (Å²) in [7, 11) is 0. The van der Waals surface area contributed by atoms with Gasteiger partial charge in [0.15, 0.2) is 0 Å². The number of ether oxygens (including phenoxy) is 1. The fraction of sp³-hybridized carbons (Fsp3) is 0.500. The molecule has 0 amide bonds. The van der Waals surface area contributed by atoms with Crippen LogP contribution in [0.15, 0.2) is 18.2 Å². The molecule has 0 aliphatic heterocycles. The van der Waals surface area contributed by atoms with E-state index in [4.69, 9.17) is 15.7 Å². The van der Waals surface area contributed by atoms with Gasteiger partial charge in [-0.05, 0) is 49.9 Å². The largest absolute Gasteiger partial charge is 0.489 e. The molecule has 1 aliphatic carbocycles. The number of nitriles is 1. The van der Waals surface area contributed by atoms with Gasteiger partial charge in [-0.25, -0.2) is 0 Å². The number of aryl methyl sites for hydroxylation is 1. The van der Waals surface area contributed by atoms with Crippen LogP contribution >= 0.6 is 0 Å². The summed E-state index contributed by atoms with van der Waals surface area (Å²) in [6.07, 6.45) is 4.58. The molecule has 0 aromatic heterocycles. The molecule has 0 saturated heterocycles. The lowest BCUT2D eigenvalue weighted by atomic mass is 9.93. The third-order valence-electron chi connectivity index (χ3n) is 3.36. The molecule has 1 aromatic carbocycles. The number of rotatable bonds is 2. The molecule has 2 unspecified atom stereocenters. The Morgan fingerprint density at radius 3 is 2.76 bits per heavy atom. The van der Waals surface area contributed by atoms with Gasteiger partial charge in [0, 0.05) is 6.04 Å². The van der Waals surface area contributed by atoms with E-state index in [0.29, 0.717) is 5.56 Å². The molecule has 3 nitrogen and oxygen atoms in total. The number of hydrogen-bond donors (Lipinski definition) is 1. The summed E-state index contributed by atoms with van der Waals surface area (Å²) in [6.45, 7) is 1.92. The highest BCUT2D eigenvalue weighted by molar-refractivity contribution is 5.41. The van der Waals surface area contributed by atoms with Gasteiger partial charge in [-0.2, -0.15) is 5.26 Å². The third kappa shape index (κ3) is 2.78. The Morgan fingerprint density at radius 2 is 2.12 bits per heavy atom. The predicted octanol–water partition coefficient (Wildman–Crippen LogP) is 2.52. The van der Waals surface area contributed by atoms with E-state index in [1.807, 2.05) is 19.1 Å². The zero-order valence-corrected chi connectivity index (χ0v) is 10.1. The summed E-state index contributed by atoms with van der Waals surface area (Å²) in [6, 6.07) is 7.87. The first-order valence-corrected chi connectivity index (χ1v) is 6.13. The molecule has 2 atom stereocenters. The molecule has 1 aliphatic rings. The van der Waals surface area contributed by atoms with Crippen molar-refractivity contribution in [2.75, 3.05) is 0 Å². The quantitative estimate of drug-likeness (QED) is 0.849. The fourth-order valence-electron chi connectivity index (χ4n) is 2.28. The Balaban J connectivity index is 2.08. The smallest absolute Gasteiger partial charge is 0.120 e. The normalized spacial score (nSPS) is 24.1. The van der Waals surface area contributed by atoms with Crippen LogP contribution in [-0.2, 0) is 0 Å².